The van der Waals surface area contributed by atoms with Crippen LogP contribution in [0.5, 0.6) is 0 Å². The van der Waals surface area contributed by atoms with Crippen LogP contribution < -0.4 is 4.72 Å². The van der Waals surface area contributed by atoms with Crippen molar-refractivity contribution in [1.29, 1.82) is 0 Å². The normalized spacial score (nSPS) is 18.8. The van der Waals surface area contributed by atoms with Crippen LogP contribution in [0.25, 0.3) is 0 Å². The van der Waals surface area contributed by atoms with Gasteiger partial charge in [0, 0.05) is 16.9 Å². The summed E-state index contributed by atoms with van der Waals surface area (Å²) in [6, 6.07) is -0.0396. The van der Waals surface area contributed by atoms with Gasteiger partial charge in [0.1, 0.15) is 16.4 Å². The van der Waals surface area contributed by atoms with Crippen LogP contribution in [0.4, 0.5) is 22.0 Å². The van der Waals surface area contributed by atoms with Crippen LogP contribution in [0.2, 0.25) is 0 Å². The molecule has 1 fully saturated rings. The lowest BCUT2D eigenvalue weighted by atomic mass is 10.0. The van der Waals surface area contributed by atoms with Gasteiger partial charge >= 0.3 is 6.18 Å². The molecule has 1 aliphatic carbocycles. The van der Waals surface area contributed by atoms with E-state index >= 15 is 0 Å². The predicted octanol–water partition coefficient (Wildman–Crippen LogP) is 4.49. The highest BCUT2D eigenvalue weighted by atomic mass is 32.2. The third-order valence-electron chi connectivity index (χ3n) is 3.61. The first kappa shape index (κ1) is 18.5. The fraction of sp³-hybridized carbons (Fsp3) is 0.600. The van der Waals surface area contributed by atoms with Crippen molar-refractivity contribution < 1.29 is 26.5 Å². The van der Waals surface area contributed by atoms with Gasteiger partial charge in [0.15, 0.2) is 0 Å². The number of benzene rings is 1. The van der Waals surface area contributed by atoms with E-state index in [9.17, 15) is 26.5 Å². The molecule has 1 saturated carbocycles. The van der Waals surface area contributed by atoms with Gasteiger partial charge < -0.3 is 4.55 Å². The summed E-state index contributed by atoms with van der Waals surface area (Å²) in [5.74, 6) is -2.73. The average Bonchev–Trinajstić information content (AvgIpc) is 3.20. The molecule has 0 bridgehead atoms. The zero-order valence-electron chi connectivity index (χ0n) is 12.9. The fourth-order valence-electron chi connectivity index (χ4n) is 2.15. The lowest BCUT2D eigenvalue weighted by Crippen LogP contribution is -2.42. The van der Waals surface area contributed by atoms with Gasteiger partial charge in [-0.1, -0.05) is 0 Å². The summed E-state index contributed by atoms with van der Waals surface area (Å²) < 4.78 is 80.1. The first-order valence-electron chi connectivity index (χ1n) is 7.15. The zero-order chi connectivity index (χ0) is 17.6. The van der Waals surface area contributed by atoms with Gasteiger partial charge in [-0.15, -0.1) is 4.72 Å². The lowest BCUT2D eigenvalue weighted by Gasteiger charge is -2.28. The Hall–Kier alpha value is -0.860. The van der Waals surface area contributed by atoms with E-state index in [1.165, 1.54) is 0 Å². The number of alkyl halides is 3. The van der Waals surface area contributed by atoms with Crippen LogP contribution in [0.3, 0.4) is 0 Å². The van der Waals surface area contributed by atoms with Crippen LogP contribution in [0.1, 0.15) is 50.8 Å². The Morgan fingerprint density at radius 3 is 2.13 bits per heavy atom. The molecule has 2 atom stereocenters. The van der Waals surface area contributed by atoms with Crippen molar-refractivity contribution >= 4 is 11.4 Å². The summed E-state index contributed by atoms with van der Waals surface area (Å²) in [7, 11) is 0. The number of rotatable bonds is 4. The third-order valence-corrected chi connectivity index (χ3v) is 5.19. The van der Waals surface area contributed by atoms with Crippen molar-refractivity contribution in [2.45, 2.75) is 50.6 Å². The summed E-state index contributed by atoms with van der Waals surface area (Å²) in [5, 5.41) is 0. The molecule has 2 nitrogen and oxygen atoms in total. The quantitative estimate of drug-likeness (QED) is 0.638. The molecule has 0 unspecified atom stereocenters. The third kappa shape index (κ3) is 4.36. The molecule has 0 spiro atoms. The van der Waals surface area contributed by atoms with Crippen LogP contribution in [0.15, 0.2) is 12.1 Å². The van der Waals surface area contributed by atoms with E-state index < -0.39 is 45.5 Å². The van der Waals surface area contributed by atoms with Crippen LogP contribution in [-0.2, 0) is 17.5 Å². The molecule has 1 aromatic rings. The second kappa shape index (κ2) is 6.22. The molecule has 130 valence electrons. The summed E-state index contributed by atoms with van der Waals surface area (Å²) >= 11 is -1.55. The molecule has 1 aliphatic rings. The van der Waals surface area contributed by atoms with E-state index in [1.54, 1.807) is 20.8 Å². The summed E-state index contributed by atoms with van der Waals surface area (Å²) in [6.45, 7) is 5.14. The fourth-order valence-corrected chi connectivity index (χ4v) is 3.06. The Kier molecular flexibility index (Phi) is 4.99. The molecule has 1 N–H and O–H groups in total. The van der Waals surface area contributed by atoms with Crippen LogP contribution >= 0.6 is 0 Å². The summed E-state index contributed by atoms with van der Waals surface area (Å²) in [4.78, 5) is 0. The van der Waals surface area contributed by atoms with Crippen molar-refractivity contribution in [3.05, 3.63) is 34.9 Å². The number of hydrogen-bond donors (Lipinski definition) is 1. The average molecular weight is 355 g/mol. The highest BCUT2D eigenvalue weighted by Crippen LogP contribution is 2.44. The molecule has 0 aliphatic heterocycles. The number of nitrogens with one attached hydrogen (secondary N) is 1. The molecule has 2 rings (SSSR count). The molecule has 0 amide bonds. The van der Waals surface area contributed by atoms with Gasteiger partial charge in [-0.25, -0.2) is 8.78 Å². The minimum Gasteiger partial charge on any atom is -0.598 e. The van der Waals surface area contributed by atoms with Gasteiger partial charge in [0.05, 0.1) is 11.6 Å². The maximum Gasteiger partial charge on any atom is 0.419 e. The van der Waals surface area contributed by atoms with E-state index in [0.29, 0.717) is 6.07 Å². The van der Waals surface area contributed by atoms with E-state index in [4.69, 9.17) is 0 Å². The monoisotopic (exact) mass is 355 g/mol. The molecule has 0 heterocycles. The minimum atomic E-state index is -4.96. The highest BCUT2D eigenvalue weighted by Gasteiger charge is 2.41. The predicted molar refractivity (Wildman–Crippen MR) is 77.9 cm³/mol. The Morgan fingerprint density at radius 1 is 1.13 bits per heavy atom. The standard InChI is InChI=1S/C15H18F5NOS/c1-14(2,3)23(22)21-13(8-4-5-8)9-6-12(17)10(7-11(9)16)15(18,19)20/h6-8,13,21H,4-5H2,1-3H3/t13-,23-/m1/s1. The smallest absolute Gasteiger partial charge is 0.419 e. The Labute approximate surface area is 134 Å². The van der Waals surface area contributed by atoms with E-state index in [1.807, 2.05) is 0 Å². The first-order chi connectivity index (χ1) is 10.4. The van der Waals surface area contributed by atoms with Gasteiger partial charge in [0.2, 0.25) is 0 Å². The first-order valence-corrected chi connectivity index (χ1v) is 8.30. The SMILES string of the molecule is CC(C)(C)[S@@+]([O-])N[C@@H](c1cc(F)c(C(F)(F)F)cc1F)C1CC1. The molecular weight excluding hydrogens is 337 g/mol. The molecule has 8 heteroatoms. The van der Waals surface area contributed by atoms with Crippen molar-refractivity contribution in [2.75, 3.05) is 0 Å². The zero-order valence-corrected chi connectivity index (χ0v) is 13.7. The summed E-state index contributed by atoms with van der Waals surface area (Å²) in [6.07, 6.45) is -3.51. The summed E-state index contributed by atoms with van der Waals surface area (Å²) in [5.41, 5.74) is -1.85. The van der Waals surface area contributed by atoms with Gasteiger partial charge in [-0.05, 0) is 51.7 Å². The Balaban J connectivity index is 2.35. The molecule has 23 heavy (non-hydrogen) atoms. The number of halogens is 5. The van der Waals surface area contributed by atoms with Crippen LogP contribution in [0, 0.1) is 17.6 Å². The highest BCUT2D eigenvalue weighted by molar-refractivity contribution is 7.90. The van der Waals surface area contributed by atoms with Gasteiger partial charge in [0.25, 0.3) is 0 Å². The minimum absolute atomic E-state index is 0.0630. The lowest BCUT2D eigenvalue weighted by molar-refractivity contribution is -0.140. The van der Waals surface area contributed by atoms with Crippen molar-refractivity contribution in [2.24, 2.45) is 5.92 Å². The maximum atomic E-state index is 14.1. The van der Waals surface area contributed by atoms with Gasteiger partial charge in [-0.3, -0.25) is 0 Å². The molecule has 1 aromatic carbocycles. The van der Waals surface area contributed by atoms with Crippen molar-refractivity contribution in [1.82, 2.24) is 4.72 Å². The second-order valence-electron chi connectivity index (χ2n) is 6.67. The largest absolute Gasteiger partial charge is 0.598 e. The Bertz CT molecular complexity index is 580. The van der Waals surface area contributed by atoms with Crippen LogP contribution in [-0.4, -0.2) is 9.30 Å². The maximum absolute atomic E-state index is 14.1. The van der Waals surface area contributed by atoms with Gasteiger partial charge in [-0.2, -0.15) is 13.2 Å². The van der Waals surface area contributed by atoms with Crippen molar-refractivity contribution in [3.8, 4) is 0 Å². The molecular formula is C15H18F5NOS. The number of hydrogen-bond acceptors (Lipinski definition) is 2. The second-order valence-corrected chi connectivity index (χ2v) is 8.66. The molecule has 0 saturated heterocycles. The Morgan fingerprint density at radius 2 is 1.70 bits per heavy atom. The molecule has 0 radical (unpaired) electrons. The van der Waals surface area contributed by atoms with E-state index in [-0.39, 0.29) is 17.5 Å². The van der Waals surface area contributed by atoms with E-state index in [0.717, 1.165) is 12.8 Å². The topological polar surface area (TPSA) is 35.1 Å². The van der Waals surface area contributed by atoms with E-state index in [2.05, 4.69) is 4.72 Å². The molecule has 0 aromatic heterocycles. The van der Waals surface area contributed by atoms with Crippen molar-refractivity contribution in [3.63, 3.8) is 0 Å².